The first-order valence-corrected chi connectivity index (χ1v) is 10.4. The molecule has 3 aliphatic heterocycles. The van der Waals surface area contributed by atoms with Gasteiger partial charge in [-0.1, -0.05) is 0 Å². The lowest BCUT2D eigenvalue weighted by atomic mass is 9.96. The summed E-state index contributed by atoms with van der Waals surface area (Å²) in [5.74, 6) is -0.707. The van der Waals surface area contributed by atoms with Crippen LogP contribution in [-0.2, 0) is 15.9 Å². The van der Waals surface area contributed by atoms with Crippen LogP contribution >= 0.6 is 0 Å². The van der Waals surface area contributed by atoms with Crippen molar-refractivity contribution in [3.05, 3.63) is 41.3 Å². The van der Waals surface area contributed by atoms with Crippen LogP contribution in [0.5, 0.6) is 0 Å². The van der Waals surface area contributed by atoms with Gasteiger partial charge in [-0.3, -0.25) is 9.80 Å². The number of carbonyl (C=O) groups is 3. The summed E-state index contributed by atoms with van der Waals surface area (Å²) < 4.78 is 25.1. The number of likely N-dealkylation sites (N-methyl/N-ethyl adjacent to an activating group) is 1. The standard InChI is InChI=1S/C22H21FN4O6/c1-11-5-16-12(8-17-18(10-25(2)20(28)29)33-22(31)27(16)17)6-14(11)13-7-15(23)19(24-9-13)26-3-4-32-21(26)30/h5-7,9,17-18H,3-4,8,10H2,1-2H3,(H,28,29)/t17-,18-/m0/s1. The van der Waals surface area contributed by atoms with E-state index < -0.39 is 30.2 Å². The lowest BCUT2D eigenvalue weighted by Crippen LogP contribution is -2.41. The average molecular weight is 456 g/mol. The molecular formula is C22H21FN4O6. The molecule has 10 nitrogen and oxygen atoms in total. The Kier molecular flexibility index (Phi) is 4.84. The highest BCUT2D eigenvalue weighted by Crippen LogP contribution is 2.42. The monoisotopic (exact) mass is 456 g/mol. The lowest BCUT2D eigenvalue weighted by Gasteiger charge is -2.21. The van der Waals surface area contributed by atoms with E-state index in [0.717, 1.165) is 26.5 Å². The Hall–Kier alpha value is -3.89. The van der Waals surface area contributed by atoms with Crippen molar-refractivity contribution >= 4 is 29.8 Å². The maximum absolute atomic E-state index is 14.8. The third-order valence-electron chi connectivity index (χ3n) is 6.25. The number of nitrogens with zero attached hydrogens (tertiary/aromatic N) is 4. The molecule has 5 rings (SSSR count). The second kappa shape index (κ2) is 7.61. The van der Waals surface area contributed by atoms with Gasteiger partial charge in [-0.25, -0.2) is 23.8 Å². The Balaban J connectivity index is 1.44. The van der Waals surface area contributed by atoms with E-state index in [4.69, 9.17) is 14.6 Å². The van der Waals surface area contributed by atoms with Crippen LogP contribution in [0.15, 0.2) is 24.4 Å². The van der Waals surface area contributed by atoms with E-state index in [1.165, 1.54) is 19.3 Å². The van der Waals surface area contributed by atoms with Crippen LogP contribution in [0.25, 0.3) is 11.1 Å². The van der Waals surface area contributed by atoms with E-state index in [1.807, 2.05) is 19.1 Å². The maximum Gasteiger partial charge on any atom is 0.415 e. The van der Waals surface area contributed by atoms with E-state index in [1.54, 1.807) is 4.90 Å². The predicted octanol–water partition coefficient (Wildman–Crippen LogP) is 3.01. The molecule has 172 valence electrons. The number of carbonyl (C=O) groups excluding carboxylic acids is 2. The number of hydrogen-bond acceptors (Lipinski definition) is 6. The number of aromatic nitrogens is 1. The molecule has 0 bridgehead atoms. The van der Waals surface area contributed by atoms with Gasteiger partial charge in [0.2, 0.25) is 0 Å². The van der Waals surface area contributed by atoms with Gasteiger partial charge in [0.1, 0.15) is 12.7 Å². The normalized spacial score (nSPS) is 21.1. The molecule has 4 heterocycles. The molecule has 0 aliphatic carbocycles. The molecule has 11 heteroatoms. The molecule has 1 aromatic carbocycles. The zero-order chi connectivity index (χ0) is 23.4. The first-order chi connectivity index (χ1) is 15.7. The largest absolute Gasteiger partial charge is 0.465 e. The highest BCUT2D eigenvalue weighted by Gasteiger charge is 2.48. The highest BCUT2D eigenvalue weighted by molar-refractivity contribution is 5.95. The summed E-state index contributed by atoms with van der Waals surface area (Å²) in [6.45, 7) is 2.35. The molecule has 0 spiro atoms. The van der Waals surface area contributed by atoms with Crippen LogP contribution in [0.3, 0.4) is 0 Å². The Morgan fingerprint density at radius 2 is 2.09 bits per heavy atom. The minimum Gasteiger partial charge on any atom is -0.465 e. The number of halogens is 1. The molecule has 2 saturated heterocycles. The molecule has 1 N–H and O–H groups in total. The van der Waals surface area contributed by atoms with E-state index in [9.17, 15) is 18.8 Å². The van der Waals surface area contributed by atoms with Gasteiger partial charge in [0.15, 0.2) is 11.6 Å². The number of fused-ring (bicyclic) bond motifs is 3. The lowest BCUT2D eigenvalue weighted by molar-refractivity contribution is 0.0961. The van der Waals surface area contributed by atoms with Crippen molar-refractivity contribution in [2.75, 3.05) is 36.5 Å². The van der Waals surface area contributed by atoms with Gasteiger partial charge in [-0.15, -0.1) is 0 Å². The number of ether oxygens (including phenoxy) is 2. The van der Waals surface area contributed by atoms with Crippen LogP contribution in [0.2, 0.25) is 0 Å². The zero-order valence-electron chi connectivity index (χ0n) is 17.9. The number of rotatable bonds is 4. The van der Waals surface area contributed by atoms with Crippen LogP contribution in [0, 0.1) is 12.7 Å². The van der Waals surface area contributed by atoms with Gasteiger partial charge >= 0.3 is 18.3 Å². The minimum atomic E-state index is -1.10. The van der Waals surface area contributed by atoms with E-state index >= 15 is 0 Å². The fourth-order valence-corrected chi connectivity index (χ4v) is 4.60. The fraction of sp³-hybridized carbons (Fsp3) is 0.364. The maximum atomic E-state index is 14.8. The van der Waals surface area contributed by atoms with E-state index in [0.29, 0.717) is 17.7 Å². The quantitative estimate of drug-likeness (QED) is 0.753. The van der Waals surface area contributed by atoms with Gasteiger partial charge in [-0.05, 0) is 48.2 Å². The number of anilines is 2. The molecule has 2 atom stereocenters. The summed E-state index contributed by atoms with van der Waals surface area (Å²) in [6, 6.07) is 4.76. The number of carboxylic acid groups (broad SMARTS) is 1. The topological polar surface area (TPSA) is 113 Å². The number of hydrogen-bond donors (Lipinski definition) is 1. The molecule has 0 radical (unpaired) electrons. The molecule has 3 amide bonds. The van der Waals surface area contributed by atoms with Gasteiger partial charge in [0.25, 0.3) is 0 Å². The minimum absolute atomic E-state index is 0.0671. The second-order valence-corrected chi connectivity index (χ2v) is 8.32. The molecule has 1 aromatic heterocycles. The molecule has 3 aliphatic rings. The van der Waals surface area contributed by atoms with Crippen molar-refractivity contribution in [3.8, 4) is 11.1 Å². The van der Waals surface area contributed by atoms with Crippen LogP contribution in [-0.4, -0.2) is 72.2 Å². The van der Waals surface area contributed by atoms with Gasteiger partial charge in [0.05, 0.1) is 24.8 Å². The summed E-state index contributed by atoms with van der Waals surface area (Å²) in [5, 5.41) is 9.15. The van der Waals surface area contributed by atoms with E-state index in [-0.39, 0.29) is 31.6 Å². The van der Waals surface area contributed by atoms with Crippen molar-refractivity contribution in [2.24, 2.45) is 0 Å². The Bertz CT molecular complexity index is 1190. The van der Waals surface area contributed by atoms with Crippen molar-refractivity contribution in [1.29, 1.82) is 0 Å². The molecule has 33 heavy (non-hydrogen) atoms. The highest BCUT2D eigenvalue weighted by atomic mass is 19.1. The summed E-state index contributed by atoms with van der Waals surface area (Å²) in [4.78, 5) is 43.4. The SMILES string of the molecule is Cc1cc2c(cc1-c1cnc(N3CCOC3=O)c(F)c1)C[C@H]1[C@H](CN(C)C(=O)O)OC(=O)N21. The predicted molar refractivity (Wildman–Crippen MR) is 114 cm³/mol. The van der Waals surface area contributed by atoms with Crippen molar-refractivity contribution in [2.45, 2.75) is 25.5 Å². The third-order valence-corrected chi connectivity index (χ3v) is 6.25. The zero-order valence-corrected chi connectivity index (χ0v) is 17.9. The Morgan fingerprint density at radius 1 is 1.30 bits per heavy atom. The van der Waals surface area contributed by atoms with Crippen LogP contribution in [0.1, 0.15) is 11.1 Å². The van der Waals surface area contributed by atoms with Crippen LogP contribution < -0.4 is 9.80 Å². The Labute approximate surface area is 188 Å². The fourth-order valence-electron chi connectivity index (χ4n) is 4.60. The second-order valence-electron chi connectivity index (χ2n) is 8.32. The smallest absolute Gasteiger partial charge is 0.415 e. The van der Waals surface area contributed by atoms with Gasteiger partial charge in [-0.2, -0.15) is 0 Å². The van der Waals surface area contributed by atoms with Crippen molar-refractivity contribution in [3.63, 3.8) is 0 Å². The summed E-state index contributed by atoms with van der Waals surface area (Å²) in [6.07, 6.45) is -0.831. The van der Waals surface area contributed by atoms with E-state index in [2.05, 4.69) is 4.98 Å². The Morgan fingerprint density at radius 3 is 2.76 bits per heavy atom. The number of cyclic esters (lactones) is 2. The summed E-state index contributed by atoms with van der Waals surface area (Å²) in [7, 11) is 1.43. The van der Waals surface area contributed by atoms with Crippen LogP contribution in [0.4, 0.5) is 30.3 Å². The first kappa shape index (κ1) is 21.0. The summed E-state index contributed by atoms with van der Waals surface area (Å²) in [5.41, 5.74) is 3.69. The average Bonchev–Trinajstić information content (AvgIpc) is 3.43. The third kappa shape index (κ3) is 3.40. The van der Waals surface area contributed by atoms with Crippen molar-refractivity contribution < 1.29 is 33.4 Å². The molecule has 0 saturated carbocycles. The molecular weight excluding hydrogens is 435 g/mol. The van der Waals surface area contributed by atoms with Crippen molar-refractivity contribution in [1.82, 2.24) is 9.88 Å². The number of aryl methyl sites for hydroxylation is 1. The number of benzene rings is 1. The molecule has 0 unspecified atom stereocenters. The summed E-state index contributed by atoms with van der Waals surface area (Å²) >= 11 is 0. The molecule has 2 aromatic rings. The van der Waals surface area contributed by atoms with Gasteiger partial charge < -0.3 is 19.5 Å². The molecule has 2 fully saturated rings. The number of pyridine rings is 1. The van der Waals surface area contributed by atoms with Gasteiger partial charge in [0, 0.05) is 18.8 Å². The first-order valence-electron chi connectivity index (χ1n) is 10.4. The number of amides is 3.